The van der Waals surface area contributed by atoms with Gasteiger partial charge in [-0.25, -0.2) is 19.9 Å². The van der Waals surface area contributed by atoms with Crippen LogP contribution in [0.15, 0.2) is 55.4 Å². The number of hydrogen-bond acceptors (Lipinski definition) is 5. The third-order valence-corrected chi connectivity index (χ3v) is 5.22. The minimum Gasteiger partial charge on any atom is -0.350 e. The lowest BCUT2D eigenvalue weighted by Crippen LogP contribution is -2.31. The molecule has 6 nitrogen and oxygen atoms in total. The Labute approximate surface area is 157 Å². The van der Waals surface area contributed by atoms with E-state index < -0.39 is 0 Å². The standard InChI is InChI=1S/C21H20N6/c1-26-11-17(18-4-2-3-5-20(18)26)12-27-7-6-15-10-24-21(25-19(15)13-27)16-8-22-14-23-9-16/h2-5,8-11,14H,6-7,12-13H2,1H3. The molecule has 27 heavy (non-hydrogen) atoms. The van der Waals surface area contributed by atoms with Crippen LogP contribution in [0.3, 0.4) is 0 Å². The van der Waals surface area contributed by atoms with E-state index in [-0.39, 0.29) is 0 Å². The van der Waals surface area contributed by atoms with Crippen molar-refractivity contribution in [1.29, 1.82) is 0 Å². The highest BCUT2D eigenvalue weighted by atomic mass is 15.1. The molecule has 0 atom stereocenters. The van der Waals surface area contributed by atoms with Crippen molar-refractivity contribution < 1.29 is 0 Å². The molecule has 0 amide bonds. The van der Waals surface area contributed by atoms with Crippen molar-refractivity contribution in [2.75, 3.05) is 6.54 Å². The maximum Gasteiger partial charge on any atom is 0.162 e. The van der Waals surface area contributed by atoms with Gasteiger partial charge in [0.25, 0.3) is 0 Å². The highest BCUT2D eigenvalue weighted by Crippen LogP contribution is 2.25. The van der Waals surface area contributed by atoms with Crippen LogP contribution in [-0.4, -0.2) is 35.9 Å². The van der Waals surface area contributed by atoms with Crippen LogP contribution in [0.1, 0.15) is 16.8 Å². The van der Waals surface area contributed by atoms with Gasteiger partial charge in [-0.1, -0.05) is 18.2 Å². The van der Waals surface area contributed by atoms with Crippen molar-refractivity contribution in [3.8, 4) is 11.4 Å². The molecular weight excluding hydrogens is 336 g/mol. The summed E-state index contributed by atoms with van der Waals surface area (Å²) in [6, 6.07) is 8.58. The maximum absolute atomic E-state index is 4.80. The number of aryl methyl sites for hydroxylation is 1. The summed E-state index contributed by atoms with van der Waals surface area (Å²) in [5.41, 5.74) is 5.84. The van der Waals surface area contributed by atoms with E-state index in [0.717, 1.165) is 37.3 Å². The van der Waals surface area contributed by atoms with E-state index in [0.29, 0.717) is 5.82 Å². The number of hydrogen-bond donors (Lipinski definition) is 0. The smallest absolute Gasteiger partial charge is 0.162 e. The monoisotopic (exact) mass is 356 g/mol. The van der Waals surface area contributed by atoms with E-state index in [2.05, 4.69) is 61.9 Å². The molecular formula is C21H20N6. The van der Waals surface area contributed by atoms with Gasteiger partial charge < -0.3 is 4.57 Å². The van der Waals surface area contributed by atoms with E-state index in [1.54, 1.807) is 12.4 Å². The zero-order chi connectivity index (χ0) is 18.2. The van der Waals surface area contributed by atoms with E-state index in [9.17, 15) is 0 Å². The van der Waals surface area contributed by atoms with Crippen LogP contribution in [0.4, 0.5) is 0 Å². The minimum atomic E-state index is 0.696. The Morgan fingerprint density at radius 2 is 1.93 bits per heavy atom. The van der Waals surface area contributed by atoms with Gasteiger partial charge in [-0.2, -0.15) is 0 Å². The molecule has 3 aromatic heterocycles. The first-order chi connectivity index (χ1) is 13.3. The molecule has 1 aliphatic heterocycles. The lowest BCUT2D eigenvalue weighted by molar-refractivity contribution is 0.242. The number of fused-ring (bicyclic) bond motifs is 2. The Bertz CT molecular complexity index is 1100. The molecule has 1 aromatic carbocycles. The van der Waals surface area contributed by atoms with Gasteiger partial charge in [0.1, 0.15) is 6.33 Å². The maximum atomic E-state index is 4.80. The van der Waals surface area contributed by atoms with Crippen LogP contribution < -0.4 is 0 Å². The molecule has 0 N–H and O–H groups in total. The third-order valence-electron chi connectivity index (χ3n) is 5.22. The first-order valence-electron chi connectivity index (χ1n) is 9.13. The first-order valence-corrected chi connectivity index (χ1v) is 9.13. The topological polar surface area (TPSA) is 59.7 Å². The molecule has 0 radical (unpaired) electrons. The van der Waals surface area contributed by atoms with Crippen LogP contribution in [0.25, 0.3) is 22.3 Å². The minimum absolute atomic E-state index is 0.696. The Hall–Kier alpha value is -3.12. The lowest BCUT2D eigenvalue weighted by atomic mass is 10.1. The molecule has 134 valence electrons. The van der Waals surface area contributed by atoms with E-state index in [1.165, 1.54) is 28.4 Å². The Kier molecular flexibility index (Phi) is 3.90. The SMILES string of the molecule is Cn1cc(CN2CCc3cnc(-c4cncnc4)nc3C2)c2ccccc21. The normalized spacial score (nSPS) is 14.4. The van der Waals surface area contributed by atoms with Crippen LogP contribution in [-0.2, 0) is 26.6 Å². The second-order valence-corrected chi connectivity index (χ2v) is 7.04. The molecule has 1 aliphatic rings. The second-order valence-electron chi connectivity index (χ2n) is 7.04. The van der Waals surface area contributed by atoms with Crippen LogP contribution >= 0.6 is 0 Å². The molecule has 0 bridgehead atoms. The fraction of sp³-hybridized carbons (Fsp3) is 0.238. The predicted octanol–water partition coefficient (Wildman–Crippen LogP) is 2.98. The number of nitrogens with zero attached hydrogens (tertiary/aromatic N) is 6. The fourth-order valence-corrected chi connectivity index (χ4v) is 3.84. The summed E-state index contributed by atoms with van der Waals surface area (Å²) in [6.07, 6.45) is 10.2. The molecule has 0 saturated carbocycles. The van der Waals surface area contributed by atoms with Gasteiger partial charge in [-0.15, -0.1) is 0 Å². The van der Waals surface area contributed by atoms with Gasteiger partial charge in [0, 0.05) is 62.4 Å². The van der Waals surface area contributed by atoms with Crippen molar-refractivity contribution in [3.05, 3.63) is 72.2 Å². The van der Waals surface area contributed by atoms with Crippen molar-refractivity contribution in [2.24, 2.45) is 7.05 Å². The average Bonchev–Trinajstić information content (AvgIpc) is 3.04. The first kappa shape index (κ1) is 16.1. The van der Waals surface area contributed by atoms with Crippen molar-refractivity contribution in [3.63, 3.8) is 0 Å². The zero-order valence-corrected chi connectivity index (χ0v) is 15.2. The van der Waals surface area contributed by atoms with Gasteiger partial charge in [0.15, 0.2) is 5.82 Å². The molecule has 5 rings (SSSR count). The zero-order valence-electron chi connectivity index (χ0n) is 15.2. The van der Waals surface area contributed by atoms with E-state index in [4.69, 9.17) is 4.98 Å². The highest BCUT2D eigenvalue weighted by molar-refractivity contribution is 5.83. The van der Waals surface area contributed by atoms with Gasteiger partial charge in [0.2, 0.25) is 0 Å². The summed E-state index contributed by atoms with van der Waals surface area (Å²) >= 11 is 0. The van der Waals surface area contributed by atoms with Crippen molar-refractivity contribution in [2.45, 2.75) is 19.5 Å². The third kappa shape index (κ3) is 2.98. The van der Waals surface area contributed by atoms with Gasteiger partial charge in [-0.05, 0) is 23.6 Å². The largest absolute Gasteiger partial charge is 0.350 e. The fourth-order valence-electron chi connectivity index (χ4n) is 3.84. The molecule has 0 aliphatic carbocycles. The van der Waals surface area contributed by atoms with Crippen LogP contribution in [0.2, 0.25) is 0 Å². The number of para-hydroxylation sites is 1. The molecule has 0 saturated heterocycles. The molecule has 6 heteroatoms. The lowest BCUT2D eigenvalue weighted by Gasteiger charge is -2.27. The predicted molar refractivity (Wildman–Crippen MR) is 104 cm³/mol. The molecule has 0 fully saturated rings. The molecule has 0 unspecified atom stereocenters. The van der Waals surface area contributed by atoms with Gasteiger partial charge in [0.05, 0.1) is 11.3 Å². The van der Waals surface area contributed by atoms with Crippen LogP contribution in [0, 0.1) is 0 Å². The van der Waals surface area contributed by atoms with E-state index >= 15 is 0 Å². The summed E-state index contributed by atoms with van der Waals surface area (Å²) in [5, 5.41) is 1.33. The summed E-state index contributed by atoms with van der Waals surface area (Å²) in [7, 11) is 2.11. The van der Waals surface area contributed by atoms with Crippen molar-refractivity contribution in [1.82, 2.24) is 29.4 Å². The number of benzene rings is 1. The van der Waals surface area contributed by atoms with E-state index in [1.807, 2.05) is 6.20 Å². The van der Waals surface area contributed by atoms with Gasteiger partial charge in [-0.3, -0.25) is 4.90 Å². The average molecular weight is 356 g/mol. The summed E-state index contributed by atoms with van der Waals surface area (Å²) in [6.45, 7) is 2.78. The quantitative estimate of drug-likeness (QED) is 0.565. The summed E-state index contributed by atoms with van der Waals surface area (Å²) in [4.78, 5) is 19.9. The van der Waals surface area contributed by atoms with Crippen molar-refractivity contribution >= 4 is 10.9 Å². The molecule has 4 heterocycles. The second kappa shape index (κ2) is 6.55. The summed E-state index contributed by atoms with van der Waals surface area (Å²) < 4.78 is 2.21. The Morgan fingerprint density at radius 3 is 2.81 bits per heavy atom. The summed E-state index contributed by atoms with van der Waals surface area (Å²) in [5.74, 6) is 0.696. The Morgan fingerprint density at radius 1 is 1.07 bits per heavy atom. The number of aromatic nitrogens is 5. The Balaban J connectivity index is 1.42. The van der Waals surface area contributed by atoms with Crippen LogP contribution in [0.5, 0.6) is 0 Å². The highest BCUT2D eigenvalue weighted by Gasteiger charge is 2.20. The molecule has 4 aromatic rings. The number of rotatable bonds is 3. The van der Waals surface area contributed by atoms with Gasteiger partial charge >= 0.3 is 0 Å². The molecule has 0 spiro atoms.